The molecule has 0 amide bonds. The Kier molecular flexibility index (Phi) is 3.44. The number of benzene rings is 1. The smallest absolute Gasteiger partial charge is 0.240 e. The number of aryl methyl sites for hydroxylation is 1. The molecule has 2 rings (SSSR count). The second-order valence-corrected chi connectivity index (χ2v) is 4.40. The van der Waals surface area contributed by atoms with E-state index in [1.54, 1.807) is 0 Å². The molecule has 3 N–H and O–H groups in total. The zero-order valence-electron chi connectivity index (χ0n) is 9.27. The van der Waals surface area contributed by atoms with E-state index in [0.717, 1.165) is 12.0 Å². The number of nitrogens with zero attached hydrogens (tertiary/aromatic N) is 2. The van der Waals surface area contributed by atoms with Gasteiger partial charge in [-0.25, -0.2) is 0 Å². The monoisotopic (exact) mass is 297 g/mol. The molecular weight excluding hydrogens is 286 g/mol. The van der Waals surface area contributed by atoms with Crippen LogP contribution in [0.25, 0.3) is 11.4 Å². The first-order valence-electron chi connectivity index (χ1n) is 5.20. The molecule has 0 unspecified atom stereocenters. The summed E-state index contributed by atoms with van der Waals surface area (Å²) in [5, 5.41) is 13.7. The molecule has 0 radical (unpaired) electrons. The Morgan fingerprint density at radius 2 is 2.24 bits per heavy atom. The quantitative estimate of drug-likeness (QED) is 0.907. The summed E-state index contributed by atoms with van der Waals surface area (Å²) in [6, 6.07) is 3.70. The lowest BCUT2D eigenvalue weighted by Crippen LogP contribution is -1.95. The number of rotatable bonds is 3. The van der Waals surface area contributed by atoms with Gasteiger partial charge < -0.3 is 15.4 Å². The van der Waals surface area contributed by atoms with E-state index < -0.39 is 0 Å². The molecule has 6 heteroatoms. The first-order chi connectivity index (χ1) is 8.15. The molecular formula is C11H12BrN3O2. The summed E-state index contributed by atoms with van der Waals surface area (Å²) in [5.41, 5.74) is 7.01. The van der Waals surface area contributed by atoms with Crippen LogP contribution < -0.4 is 5.73 Å². The molecule has 2 aromatic rings. The van der Waals surface area contributed by atoms with Gasteiger partial charge in [0, 0.05) is 0 Å². The Labute approximate surface area is 107 Å². The third-order valence-corrected chi connectivity index (χ3v) is 3.02. The maximum atomic E-state index is 9.95. The Balaban J connectivity index is 2.53. The van der Waals surface area contributed by atoms with Crippen molar-refractivity contribution < 1.29 is 9.63 Å². The lowest BCUT2D eigenvalue weighted by Gasteiger charge is -2.05. The van der Waals surface area contributed by atoms with Gasteiger partial charge in [-0.15, -0.1) is 0 Å². The van der Waals surface area contributed by atoms with E-state index in [9.17, 15) is 5.11 Å². The fraction of sp³-hybridized carbons (Fsp3) is 0.273. The predicted octanol–water partition coefficient (Wildman–Crippen LogP) is 2.23. The molecule has 0 saturated heterocycles. The first kappa shape index (κ1) is 12.1. The molecule has 1 heterocycles. The van der Waals surface area contributed by atoms with Crippen LogP contribution in [-0.2, 0) is 13.0 Å². The normalized spacial score (nSPS) is 10.8. The summed E-state index contributed by atoms with van der Waals surface area (Å²) in [5.74, 6) is 0.794. The summed E-state index contributed by atoms with van der Waals surface area (Å²) >= 11 is 3.30. The average molecular weight is 298 g/mol. The fourth-order valence-corrected chi connectivity index (χ4v) is 1.98. The number of phenols is 1. The summed E-state index contributed by atoms with van der Waals surface area (Å²) < 4.78 is 5.54. The fourth-order valence-electron chi connectivity index (χ4n) is 1.48. The largest absolute Gasteiger partial charge is 0.506 e. The van der Waals surface area contributed by atoms with Gasteiger partial charge in [-0.2, -0.15) is 4.98 Å². The molecule has 0 aliphatic rings. The summed E-state index contributed by atoms with van der Waals surface area (Å²) in [7, 11) is 0. The van der Waals surface area contributed by atoms with Crippen LogP contribution in [0.5, 0.6) is 5.75 Å². The molecule has 0 saturated carbocycles. The molecule has 0 fully saturated rings. The van der Waals surface area contributed by atoms with Gasteiger partial charge in [0.1, 0.15) is 5.75 Å². The lowest BCUT2D eigenvalue weighted by atomic mass is 10.1. The summed E-state index contributed by atoms with van der Waals surface area (Å²) in [6.07, 6.45) is 0.855. The van der Waals surface area contributed by atoms with E-state index in [2.05, 4.69) is 26.1 Å². The minimum Gasteiger partial charge on any atom is -0.506 e. The second kappa shape index (κ2) is 4.85. The van der Waals surface area contributed by atoms with Crippen molar-refractivity contribution >= 4 is 15.9 Å². The topological polar surface area (TPSA) is 85.2 Å². The van der Waals surface area contributed by atoms with Crippen LogP contribution >= 0.6 is 15.9 Å². The molecule has 90 valence electrons. The molecule has 1 aromatic carbocycles. The van der Waals surface area contributed by atoms with Crippen LogP contribution in [0.4, 0.5) is 0 Å². The van der Waals surface area contributed by atoms with Gasteiger partial charge in [-0.05, 0) is 40.0 Å². The van der Waals surface area contributed by atoms with E-state index in [0.29, 0.717) is 21.8 Å². The van der Waals surface area contributed by atoms with E-state index in [4.69, 9.17) is 10.3 Å². The van der Waals surface area contributed by atoms with Crippen LogP contribution in [0.2, 0.25) is 0 Å². The number of nitrogens with two attached hydrogens (primary N) is 1. The molecule has 0 bridgehead atoms. The molecule has 0 spiro atoms. The molecule has 5 nitrogen and oxygen atoms in total. The minimum absolute atomic E-state index is 0.103. The maximum absolute atomic E-state index is 9.95. The molecule has 0 aliphatic heterocycles. The highest BCUT2D eigenvalue weighted by atomic mass is 79.9. The van der Waals surface area contributed by atoms with Crippen molar-refractivity contribution in [2.75, 3.05) is 0 Å². The third kappa shape index (κ3) is 2.32. The van der Waals surface area contributed by atoms with Crippen LogP contribution in [-0.4, -0.2) is 15.2 Å². The highest BCUT2D eigenvalue weighted by molar-refractivity contribution is 9.10. The SMILES string of the molecule is CCc1cc(Br)c(O)c(-c2noc(CN)n2)c1. The van der Waals surface area contributed by atoms with E-state index >= 15 is 0 Å². The van der Waals surface area contributed by atoms with Crippen molar-refractivity contribution in [3.05, 3.63) is 28.1 Å². The van der Waals surface area contributed by atoms with Crippen LogP contribution in [0.3, 0.4) is 0 Å². The zero-order valence-corrected chi connectivity index (χ0v) is 10.9. The minimum atomic E-state index is 0.103. The van der Waals surface area contributed by atoms with E-state index in [-0.39, 0.29) is 12.3 Å². The van der Waals surface area contributed by atoms with Gasteiger partial charge in [0.05, 0.1) is 16.6 Å². The Morgan fingerprint density at radius 1 is 1.47 bits per heavy atom. The number of hydrogen-bond acceptors (Lipinski definition) is 5. The van der Waals surface area contributed by atoms with Gasteiger partial charge in [0.25, 0.3) is 0 Å². The Bertz CT molecular complexity index is 540. The van der Waals surface area contributed by atoms with Crippen LogP contribution in [0.1, 0.15) is 18.4 Å². The standard InChI is InChI=1S/C11H12BrN3O2/c1-2-6-3-7(10(16)8(12)4-6)11-14-9(5-13)17-15-11/h3-4,16H,2,5,13H2,1H3. The number of halogens is 1. The van der Waals surface area contributed by atoms with Crippen molar-refractivity contribution in [3.63, 3.8) is 0 Å². The van der Waals surface area contributed by atoms with Crippen molar-refractivity contribution in [3.8, 4) is 17.1 Å². The molecule has 17 heavy (non-hydrogen) atoms. The molecule has 1 aromatic heterocycles. The van der Waals surface area contributed by atoms with Gasteiger partial charge in [0.2, 0.25) is 11.7 Å². The van der Waals surface area contributed by atoms with Crippen molar-refractivity contribution in [2.24, 2.45) is 5.73 Å². The van der Waals surface area contributed by atoms with Gasteiger partial charge in [-0.1, -0.05) is 12.1 Å². The number of aromatic nitrogens is 2. The Morgan fingerprint density at radius 3 is 2.82 bits per heavy atom. The number of aromatic hydroxyl groups is 1. The van der Waals surface area contributed by atoms with Gasteiger partial charge >= 0.3 is 0 Å². The van der Waals surface area contributed by atoms with Crippen LogP contribution in [0, 0.1) is 0 Å². The van der Waals surface area contributed by atoms with Crippen molar-refractivity contribution in [1.82, 2.24) is 10.1 Å². The Hall–Kier alpha value is -1.40. The molecule has 0 atom stereocenters. The summed E-state index contributed by atoms with van der Waals surface area (Å²) in [6.45, 7) is 2.21. The highest BCUT2D eigenvalue weighted by Gasteiger charge is 2.15. The molecule has 0 aliphatic carbocycles. The lowest BCUT2D eigenvalue weighted by molar-refractivity contribution is 0.380. The van der Waals surface area contributed by atoms with Gasteiger partial charge in [0.15, 0.2) is 0 Å². The maximum Gasteiger partial charge on any atom is 0.240 e. The summed E-state index contributed by atoms with van der Waals surface area (Å²) in [4.78, 5) is 4.09. The van der Waals surface area contributed by atoms with Crippen molar-refractivity contribution in [1.29, 1.82) is 0 Å². The van der Waals surface area contributed by atoms with Gasteiger partial charge in [-0.3, -0.25) is 0 Å². The number of phenolic OH excluding ortho intramolecular Hbond substituents is 1. The second-order valence-electron chi connectivity index (χ2n) is 3.54. The average Bonchev–Trinajstić information content (AvgIpc) is 2.81. The van der Waals surface area contributed by atoms with Crippen LogP contribution in [0.15, 0.2) is 21.1 Å². The first-order valence-corrected chi connectivity index (χ1v) is 5.99. The van der Waals surface area contributed by atoms with Crippen molar-refractivity contribution in [2.45, 2.75) is 19.9 Å². The van der Waals surface area contributed by atoms with E-state index in [1.165, 1.54) is 0 Å². The third-order valence-electron chi connectivity index (χ3n) is 2.42. The predicted molar refractivity (Wildman–Crippen MR) is 66.4 cm³/mol. The highest BCUT2D eigenvalue weighted by Crippen LogP contribution is 2.35. The zero-order chi connectivity index (χ0) is 12.4. The number of hydrogen-bond donors (Lipinski definition) is 2. The van der Waals surface area contributed by atoms with E-state index in [1.807, 2.05) is 19.1 Å².